The molecule has 2 rings (SSSR count). The average molecular weight is 333 g/mol. The van der Waals surface area contributed by atoms with Gasteiger partial charge in [-0.15, -0.1) is 0 Å². The Kier molecular flexibility index (Phi) is 7.42. The summed E-state index contributed by atoms with van der Waals surface area (Å²) in [7, 11) is 3.49. The second-order valence-electron chi connectivity index (χ2n) is 5.47. The fourth-order valence-corrected chi connectivity index (χ4v) is 2.65. The molecule has 24 heavy (non-hydrogen) atoms. The van der Waals surface area contributed by atoms with E-state index in [1.807, 2.05) is 50.9 Å². The Labute approximate surface area is 143 Å². The van der Waals surface area contributed by atoms with E-state index in [1.165, 1.54) is 4.90 Å². The molecule has 1 heterocycles. The Bertz CT molecular complexity index is 601. The molecule has 6 heteroatoms. The van der Waals surface area contributed by atoms with Gasteiger partial charge in [0, 0.05) is 20.5 Å². The van der Waals surface area contributed by atoms with Gasteiger partial charge in [0.1, 0.15) is 6.04 Å². The first kappa shape index (κ1) is 19.7. The van der Waals surface area contributed by atoms with Gasteiger partial charge >= 0.3 is 0 Å². The summed E-state index contributed by atoms with van der Waals surface area (Å²) in [5, 5.41) is 2.37. The molecule has 0 spiro atoms. The molecule has 0 aromatic heterocycles. The molecule has 1 N–H and O–H groups in total. The number of anilines is 2. The van der Waals surface area contributed by atoms with Crippen LogP contribution in [-0.4, -0.2) is 38.4 Å². The van der Waals surface area contributed by atoms with Gasteiger partial charge < -0.3 is 9.80 Å². The summed E-state index contributed by atoms with van der Waals surface area (Å²) in [4.78, 5) is 37.8. The Morgan fingerprint density at radius 2 is 1.88 bits per heavy atom. The molecule has 1 aromatic rings. The maximum absolute atomic E-state index is 12.1. The predicted octanol–water partition coefficient (Wildman–Crippen LogP) is 2.11. The van der Waals surface area contributed by atoms with Crippen LogP contribution in [0.2, 0.25) is 0 Å². The summed E-state index contributed by atoms with van der Waals surface area (Å²) in [6, 6.07) is 5.42. The van der Waals surface area contributed by atoms with E-state index >= 15 is 0 Å². The molecule has 1 aliphatic heterocycles. The molecular weight excluding hydrogens is 306 g/mol. The van der Waals surface area contributed by atoms with Gasteiger partial charge in [-0.25, -0.2) is 0 Å². The van der Waals surface area contributed by atoms with Gasteiger partial charge in [-0.1, -0.05) is 26.8 Å². The first-order chi connectivity index (χ1) is 11.5. The van der Waals surface area contributed by atoms with E-state index in [0.29, 0.717) is 12.8 Å². The van der Waals surface area contributed by atoms with E-state index in [9.17, 15) is 14.4 Å². The van der Waals surface area contributed by atoms with Gasteiger partial charge in [-0.05, 0) is 30.5 Å². The number of aryl methyl sites for hydroxylation is 1. The normalized spacial score (nSPS) is 16.6. The lowest BCUT2D eigenvalue weighted by molar-refractivity contribution is -0.134. The number of likely N-dealkylation sites (N-methyl/N-ethyl adjacent to an activating group) is 1. The second-order valence-corrected chi connectivity index (χ2v) is 5.47. The Morgan fingerprint density at radius 3 is 2.42 bits per heavy atom. The third-order valence-corrected chi connectivity index (χ3v) is 4.04. The van der Waals surface area contributed by atoms with Crippen molar-refractivity contribution in [3.8, 4) is 0 Å². The lowest BCUT2D eigenvalue weighted by Gasteiger charge is -2.33. The summed E-state index contributed by atoms with van der Waals surface area (Å²) < 4.78 is 0. The van der Waals surface area contributed by atoms with E-state index in [4.69, 9.17) is 0 Å². The van der Waals surface area contributed by atoms with Gasteiger partial charge in [0.05, 0.1) is 11.4 Å². The standard InChI is InChI=1S/C16H21N3O3.C2H6/c1-4-11-5-6-12(18(2)10-20)14(9-11)19(3)13-7-8-15(21)17-16(13)22;1-2/h5-6,9-10,13H,4,7-8H2,1-3H3,(H,17,21,22);1-2H3. The van der Waals surface area contributed by atoms with Crippen molar-refractivity contribution in [2.45, 2.75) is 46.1 Å². The molecule has 1 saturated heterocycles. The SMILES string of the molecule is CC.CCc1ccc(N(C)C=O)c(N(C)C2CCC(=O)NC2=O)c1. The summed E-state index contributed by atoms with van der Waals surface area (Å²) in [6.45, 7) is 6.05. The highest BCUT2D eigenvalue weighted by molar-refractivity contribution is 6.02. The molecule has 1 aliphatic rings. The minimum Gasteiger partial charge on any atom is -0.361 e. The number of carbonyl (C=O) groups excluding carboxylic acids is 3. The summed E-state index contributed by atoms with van der Waals surface area (Å²) >= 11 is 0. The maximum atomic E-state index is 12.1. The van der Waals surface area contributed by atoms with Crippen LogP contribution >= 0.6 is 0 Å². The van der Waals surface area contributed by atoms with Crippen molar-refractivity contribution in [1.82, 2.24) is 5.32 Å². The topological polar surface area (TPSA) is 69.7 Å². The quantitative estimate of drug-likeness (QED) is 0.662. The van der Waals surface area contributed by atoms with Gasteiger partial charge in [0.15, 0.2) is 0 Å². The van der Waals surface area contributed by atoms with E-state index in [2.05, 4.69) is 5.32 Å². The van der Waals surface area contributed by atoms with E-state index < -0.39 is 6.04 Å². The van der Waals surface area contributed by atoms with E-state index in [0.717, 1.165) is 29.8 Å². The number of piperidine rings is 1. The number of imide groups is 1. The van der Waals surface area contributed by atoms with Crippen LogP contribution in [0, 0.1) is 0 Å². The fraction of sp³-hybridized carbons (Fsp3) is 0.500. The van der Waals surface area contributed by atoms with Crippen LogP contribution in [0.1, 0.15) is 39.2 Å². The summed E-state index contributed by atoms with van der Waals surface area (Å²) in [5.41, 5.74) is 2.67. The van der Waals surface area contributed by atoms with Crippen LogP contribution < -0.4 is 15.1 Å². The van der Waals surface area contributed by atoms with Crippen LogP contribution in [0.15, 0.2) is 18.2 Å². The minimum absolute atomic E-state index is 0.234. The Morgan fingerprint density at radius 1 is 1.21 bits per heavy atom. The van der Waals surface area contributed by atoms with E-state index in [1.54, 1.807) is 7.05 Å². The number of carbonyl (C=O) groups is 3. The Hall–Kier alpha value is -2.37. The molecule has 3 amide bonds. The number of rotatable bonds is 5. The largest absolute Gasteiger partial charge is 0.361 e. The van der Waals surface area contributed by atoms with E-state index in [-0.39, 0.29) is 11.8 Å². The first-order valence-electron chi connectivity index (χ1n) is 8.35. The zero-order valence-corrected chi connectivity index (χ0v) is 15.1. The third kappa shape index (κ3) is 4.34. The maximum Gasteiger partial charge on any atom is 0.249 e. The molecule has 1 unspecified atom stereocenters. The van der Waals surface area contributed by atoms with Crippen LogP contribution in [0.4, 0.5) is 11.4 Å². The van der Waals surface area contributed by atoms with Crippen molar-refractivity contribution >= 4 is 29.6 Å². The molecule has 1 aromatic carbocycles. The van der Waals surface area contributed by atoms with Gasteiger partial charge in [0.25, 0.3) is 0 Å². The fourth-order valence-electron chi connectivity index (χ4n) is 2.65. The van der Waals surface area contributed by atoms with Crippen molar-refractivity contribution in [3.05, 3.63) is 23.8 Å². The predicted molar refractivity (Wildman–Crippen MR) is 96.2 cm³/mol. The van der Waals surface area contributed by atoms with Crippen LogP contribution in [-0.2, 0) is 20.8 Å². The van der Waals surface area contributed by atoms with Crippen LogP contribution in [0.5, 0.6) is 0 Å². The monoisotopic (exact) mass is 333 g/mol. The van der Waals surface area contributed by atoms with Crippen molar-refractivity contribution in [3.63, 3.8) is 0 Å². The van der Waals surface area contributed by atoms with Gasteiger partial charge in [-0.2, -0.15) is 0 Å². The lowest BCUT2D eigenvalue weighted by atomic mass is 10.0. The van der Waals surface area contributed by atoms with Crippen LogP contribution in [0.25, 0.3) is 0 Å². The molecule has 0 saturated carbocycles. The molecular formula is C18H27N3O3. The first-order valence-corrected chi connectivity index (χ1v) is 8.35. The highest BCUT2D eigenvalue weighted by Crippen LogP contribution is 2.31. The Balaban J connectivity index is 0.00000139. The zero-order valence-electron chi connectivity index (χ0n) is 15.1. The highest BCUT2D eigenvalue weighted by Gasteiger charge is 2.31. The summed E-state index contributed by atoms with van der Waals surface area (Å²) in [6.07, 6.45) is 2.40. The van der Waals surface area contributed by atoms with Gasteiger partial charge in [-0.3, -0.25) is 19.7 Å². The molecule has 0 bridgehead atoms. The van der Waals surface area contributed by atoms with Crippen molar-refractivity contribution in [1.29, 1.82) is 0 Å². The lowest BCUT2D eigenvalue weighted by Crippen LogP contribution is -2.51. The number of hydrogen-bond acceptors (Lipinski definition) is 4. The number of nitrogens with zero attached hydrogens (tertiary/aromatic N) is 2. The van der Waals surface area contributed by atoms with Crippen LogP contribution in [0.3, 0.4) is 0 Å². The molecule has 1 atom stereocenters. The zero-order chi connectivity index (χ0) is 18.3. The molecule has 1 fully saturated rings. The smallest absolute Gasteiger partial charge is 0.249 e. The average Bonchev–Trinajstić information content (AvgIpc) is 2.61. The number of amides is 3. The number of nitrogens with one attached hydrogen (secondary N) is 1. The summed E-state index contributed by atoms with van der Waals surface area (Å²) in [5.74, 6) is -0.525. The second kappa shape index (κ2) is 9.05. The van der Waals surface area contributed by atoms with Crippen molar-refractivity contribution in [2.24, 2.45) is 0 Å². The van der Waals surface area contributed by atoms with Gasteiger partial charge in [0.2, 0.25) is 18.2 Å². The van der Waals surface area contributed by atoms with Crippen molar-refractivity contribution < 1.29 is 14.4 Å². The third-order valence-electron chi connectivity index (χ3n) is 4.04. The number of benzene rings is 1. The molecule has 0 radical (unpaired) electrons. The molecule has 132 valence electrons. The van der Waals surface area contributed by atoms with Crippen molar-refractivity contribution in [2.75, 3.05) is 23.9 Å². The minimum atomic E-state index is -0.413. The highest BCUT2D eigenvalue weighted by atomic mass is 16.2. The number of hydrogen-bond donors (Lipinski definition) is 1. The molecule has 6 nitrogen and oxygen atoms in total. The molecule has 0 aliphatic carbocycles.